The number of carbonyl (C=O) groups excluding carboxylic acids is 1. The second kappa shape index (κ2) is 6.55. The van der Waals surface area contributed by atoms with Gasteiger partial charge in [0.15, 0.2) is 0 Å². The van der Waals surface area contributed by atoms with Gasteiger partial charge in [-0.05, 0) is 38.5 Å². The highest BCUT2D eigenvalue weighted by Crippen LogP contribution is 2.20. The number of benzene rings is 2. The van der Waals surface area contributed by atoms with Gasteiger partial charge in [0.1, 0.15) is 0 Å². The van der Waals surface area contributed by atoms with Crippen LogP contribution in [0, 0.1) is 0 Å². The fourth-order valence-electron chi connectivity index (χ4n) is 1.93. The maximum Gasteiger partial charge on any atom is 0.255 e. The fraction of sp³-hybridized carbons (Fsp3) is 0.278. The number of hydroxylamine groups is 1. The lowest BCUT2D eigenvalue weighted by Crippen LogP contribution is -2.39. The van der Waals surface area contributed by atoms with E-state index in [0.717, 1.165) is 11.3 Å². The van der Waals surface area contributed by atoms with Crippen LogP contribution in [-0.4, -0.2) is 11.5 Å². The third kappa shape index (κ3) is 4.72. The van der Waals surface area contributed by atoms with Crippen LogP contribution >= 0.6 is 0 Å². The third-order valence-electron chi connectivity index (χ3n) is 2.78. The molecular weight excluding hydrogens is 262 g/mol. The molecule has 0 N–H and O–H groups in total. The van der Waals surface area contributed by atoms with E-state index in [-0.39, 0.29) is 5.91 Å². The number of hydrogen-bond acceptors (Lipinski definition) is 2. The predicted molar refractivity (Wildman–Crippen MR) is 84.9 cm³/mol. The van der Waals surface area contributed by atoms with Crippen molar-refractivity contribution in [3.63, 3.8) is 0 Å². The summed E-state index contributed by atoms with van der Waals surface area (Å²) in [6, 6.07) is 19.1. The minimum Gasteiger partial charge on any atom is -0.272 e. The third-order valence-corrected chi connectivity index (χ3v) is 2.78. The first-order valence-corrected chi connectivity index (χ1v) is 7.07. The van der Waals surface area contributed by atoms with Crippen LogP contribution < -0.4 is 5.06 Å². The topological polar surface area (TPSA) is 29.5 Å². The van der Waals surface area contributed by atoms with Gasteiger partial charge in [0.25, 0.3) is 5.91 Å². The van der Waals surface area contributed by atoms with Crippen LogP contribution in [0.3, 0.4) is 0 Å². The molecule has 0 aliphatic heterocycles. The molecule has 0 heterocycles. The number of amides is 1. The van der Waals surface area contributed by atoms with Gasteiger partial charge >= 0.3 is 0 Å². The van der Waals surface area contributed by atoms with Crippen LogP contribution in [0.5, 0.6) is 0 Å². The van der Waals surface area contributed by atoms with E-state index in [1.807, 2.05) is 81.4 Å². The Kier molecular flexibility index (Phi) is 4.76. The Morgan fingerprint density at radius 3 is 2.00 bits per heavy atom. The number of para-hydroxylation sites is 1. The molecule has 0 saturated carbocycles. The van der Waals surface area contributed by atoms with Crippen molar-refractivity contribution in [1.82, 2.24) is 0 Å². The molecule has 21 heavy (non-hydrogen) atoms. The van der Waals surface area contributed by atoms with E-state index in [9.17, 15) is 4.79 Å². The zero-order chi connectivity index (χ0) is 15.3. The summed E-state index contributed by atoms with van der Waals surface area (Å²) < 4.78 is 0. The summed E-state index contributed by atoms with van der Waals surface area (Å²) in [5.74, 6) is -0.0812. The Labute approximate surface area is 126 Å². The second-order valence-corrected chi connectivity index (χ2v) is 5.89. The van der Waals surface area contributed by atoms with Gasteiger partial charge in [-0.15, -0.1) is 0 Å². The first-order chi connectivity index (χ1) is 9.96. The number of rotatable bonds is 4. The average Bonchev–Trinajstić information content (AvgIpc) is 2.46. The molecule has 0 aromatic heterocycles. The van der Waals surface area contributed by atoms with E-state index in [1.165, 1.54) is 5.06 Å². The van der Waals surface area contributed by atoms with Crippen LogP contribution in [0.4, 0.5) is 5.69 Å². The Morgan fingerprint density at radius 2 is 1.48 bits per heavy atom. The van der Waals surface area contributed by atoms with Crippen molar-refractivity contribution >= 4 is 11.6 Å². The van der Waals surface area contributed by atoms with Gasteiger partial charge in [-0.2, -0.15) is 5.06 Å². The van der Waals surface area contributed by atoms with E-state index in [2.05, 4.69) is 0 Å². The van der Waals surface area contributed by atoms with Crippen molar-refractivity contribution in [3.05, 3.63) is 66.2 Å². The van der Waals surface area contributed by atoms with Gasteiger partial charge in [0, 0.05) is 0 Å². The molecule has 2 rings (SSSR count). The smallest absolute Gasteiger partial charge is 0.255 e. The lowest BCUT2D eigenvalue weighted by atomic mass is 10.1. The summed E-state index contributed by atoms with van der Waals surface area (Å²) >= 11 is 0. The molecule has 1 amide bonds. The van der Waals surface area contributed by atoms with Crippen molar-refractivity contribution in [2.45, 2.75) is 32.8 Å². The summed E-state index contributed by atoms with van der Waals surface area (Å²) in [5, 5.41) is 1.40. The Hall–Kier alpha value is -2.13. The summed E-state index contributed by atoms with van der Waals surface area (Å²) in [5.41, 5.74) is 1.27. The highest BCUT2D eigenvalue weighted by Gasteiger charge is 2.23. The Bertz CT molecular complexity index is 573. The molecule has 0 atom stereocenters. The summed E-state index contributed by atoms with van der Waals surface area (Å²) in [6.45, 7) is 5.79. The van der Waals surface area contributed by atoms with Gasteiger partial charge < -0.3 is 0 Å². The minimum absolute atomic E-state index is 0.0812. The molecule has 0 bridgehead atoms. The molecule has 0 spiro atoms. The zero-order valence-electron chi connectivity index (χ0n) is 12.7. The Morgan fingerprint density at radius 1 is 0.952 bits per heavy atom. The highest BCUT2D eigenvalue weighted by atomic mass is 16.7. The van der Waals surface area contributed by atoms with E-state index in [0.29, 0.717) is 6.42 Å². The molecule has 3 nitrogen and oxygen atoms in total. The number of nitrogens with zero attached hydrogens (tertiary/aromatic N) is 1. The molecule has 110 valence electrons. The van der Waals surface area contributed by atoms with E-state index in [1.54, 1.807) is 0 Å². The summed E-state index contributed by atoms with van der Waals surface area (Å²) in [7, 11) is 0. The molecule has 0 aliphatic carbocycles. The largest absolute Gasteiger partial charge is 0.272 e. The predicted octanol–water partition coefficient (Wildman–Crippen LogP) is 3.99. The molecular formula is C18H21NO2. The number of anilines is 1. The Balaban J connectivity index is 2.21. The SMILES string of the molecule is CC(C)(C)ON(C(=O)Cc1ccccc1)c1ccccc1. The molecule has 3 heteroatoms. The molecule has 0 aliphatic rings. The van der Waals surface area contributed by atoms with Gasteiger partial charge in [0.2, 0.25) is 0 Å². The monoisotopic (exact) mass is 283 g/mol. The lowest BCUT2D eigenvalue weighted by molar-refractivity contribution is -0.131. The van der Waals surface area contributed by atoms with Crippen LogP contribution in [0.15, 0.2) is 60.7 Å². The van der Waals surface area contributed by atoms with Crippen molar-refractivity contribution in [1.29, 1.82) is 0 Å². The van der Waals surface area contributed by atoms with Crippen molar-refractivity contribution in [2.24, 2.45) is 0 Å². The quantitative estimate of drug-likeness (QED) is 0.794. The average molecular weight is 283 g/mol. The standard InChI is InChI=1S/C18H21NO2/c1-18(2,3)21-19(16-12-8-5-9-13-16)17(20)14-15-10-6-4-7-11-15/h4-13H,14H2,1-3H3. The van der Waals surface area contributed by atoms with Gasteiger partial charge in [-0.25, -0.2) is 0 Å². The first kappa shape index (κ1) is 15.3. The molecule has 0 saturated heterocycles. The van der Waals surface area contributed by atoms with Gasteiger partial charge in [0.05, 0.1) is 17.7 Å². The molecule has 0 unspecified atom stereocenters. The summed E-state index contributed by atoms with van der Waals surface area (Å²) in [4.78, 5) is 18.4. The molecule has 2 aromatic rings. The second-order valence-electron chi connectivity index (χ2n) is 5.89. The summed E-state index contributed by atoms with van der Waals surface area (Å²) in [6.07, 6.45) is 0.311. The normalized spacial score (nSPS) is 11.2. The maximum atomic E-state index is 12.6. The van der Waals surface area contributed by atoms with Crippen LogP contribution in [0.2, 0.25) is 0 Å². The fourth-order valence-corrected chi connectivity index (χ4v) is 1.93. The minimum atomic E-state index is -0.442. The van der Waals surface area contributed by atoms with Gasteiger partial charge in [-0.1, -0.05) is 48.5 Å². The van der Waals surface area contributed by atoms with Crippen molar-refractivity contribution in [3.8, 4) is 0 Å². The van der Waals surface area contributed by atoms with Crippen molar-refractivity contribution in [2.75, 3.05) is 5.06 Å². The zero-order valence-corrected chi connectivity index (χ0v) is 12.7. The van der Waals surface area contributed by atoms with E-state index < -0.39 is 5.60 Å². The first-order valence-electron chi connectivity index (χ1n) is 7.07. The highest BCUT2D eigenvalue weighted by molar-refractivity contribution is 5.92. The van der Waals surface area contributed by atoms with Crippen molar-refractivity contribution < 1.29 is 9.63 Å². The van der Waals surface area contributed by atoms with Crippen LogP contribution in [0.1, 0.15) is 26.3 Å². The van der Waals surface area contributed by atoms with Crippen LogP contribution in [-0.2, 0) is 16.1 Å². The molecule has 0 radical (unpaired) electrons. The van der Waals surface area contributed by atoms with Gasteiger partial charge in [-0.3, -0.25) is 9.63 Å². The number of hydrogen-bond donors (Lipinski definition) is 0. The molecule has 0 fully saturated rings. The maximum absolute atomic E-state index is 12.6. The lowest BCUT2D eigenvalue weighted by Gasteiger charge is -2.29. The van der Waals surface area contributed by atoms with Crippen LogP contribution in [0.25, 0.3) is 0 Å². The van der Waals surface area contributed by atoms with E-state index in [4.69, 9.17) is 4.84 Å². The van der Waals surface area contributed by atoms with E-state index >= 15 is 0 Å². The number of carbonyl (C=O) groups is 1. The molecule has 2 aromatic carbocycles.